The lowest BCUT2D eigenvalue weighted by Gasteiger charge is -2.12. The van der Waals surface area contributed by atoms with Gasteiger partial charge in [-0.25, -0.2) is 0 Å². The van der Waals surface area contributed by atoms with Crippen LogP contribution in [-0.2, 0) is 0 Å². The molecule has 0 spiro atoms. The van der Waals surface area contributed by atoms with Crippen LogP contribution in [0.15, 0.2) is 24.3 Å². The van der Waals surface area contributed by atoms with Crippen LogP contribution in [0, 0.1) is 0 Å². The first-order chi connectivity index (χ1) is 7.26. The van der Waals surface area contributed by atoms with Gasteiger partial charge in [-0.15, -0.1) is 0 Å². The molecule has 1 aromatic rings. The van der Waals surface area contributed by atoms with Gasteiger partial charge >= 0.3 is 0 Å². The number of nitrogens with two attached hydrogens (primary N) is 1. The quantitative estimate of drug-likeness (QED) is 0.781. The first kappa shape index (κ1) is 11.9. The lowest BCUT2D eigenvalue weighted by Crippen LogP contribution is -2.27. The van der Waals surface area contributed by atoms with Crippen molar-refractivity contribution in [3.8, 4) is 11.5 Å². The molecule has 0 saturated carbocycles. The van der Waals surface area contributed by atoms with Crippen LogP contribution < -0.4 is 15.2 Å². The maximum Gasteiger partial charge on any atom is 0.123 e. The van der Waals surface area contributed by atoms with E-state index in [-0.39, 0.29) is 6.04 Å². The molecule has 3 nitrogen and oxygen atoms in total. The SMILES string of the molecule is CCCC(N)COc1cccc(OC)c1. The molecule has 0 aliphatic carbocycles. The van der Waals surface area contributed by atoms with E-state index in [1.54, 1.807) is 7.11 Å². The maximum absolute atomic E-state index is 5.85. The van der Waals surface area contributed by atoms with Crippen LogP contribution in [0.3, 0.4) is 0 Å². The third kappa shape index (κ3) is 4.21. The molecule has 1 unspecified atom stereocenters. The van der Waals surface area contributed by atoms with E-state index in [1.807, 2.05) is 24.3 Å². The Labute approximate surface area is 91.2 Å². The summed E-state index contributed by atoms with van der Waals surface area (Å²) in [5.41, 5.74) is 5.85. The fourth-order valence-corrected chi connectivity index (χ4v) is 1.35. The van der Waals surface area contributed by atoms with Crippen LogP contribution in [-0.4, -0.2) is 19.8 Å². The van der Waals surface area contributed by atoms with Gasteiger partial charge < -0.3 is 15.2 Å². The molecule has 0 fully saturated rings. The molecule has 0 aliphatic heterocycles. The molecule has 1 rings (SSSR count). The van der Waals surface area contributed by atoms with Gasteiger partial charge in [0.2, 0.25) is 0 Å². The van der Waals surface area contributed by atoms with Crippen molar-refractivity contribution in [3.63, 3.8) is 0 Å². The zero-order valence-corrected chi connectivity index (χ0v) is 9.40. The Hall–Kier alpha value is -1.22. The number of hydrogen-bond acceptors (Lipinski definition) is 3. The summed E-state index contributed by atoms with van der Waals surface area (Å²) in [6.45, 7) is 2.67. The standard InChI is InChI=1S/C12H19NO2/c1-3-5-10(13)9-15-12-7-4-6-11(8-12)14-2/h4,6-8,10H,3,5,9,13H2,1-2H3. The minimum atomic E-state index is 0.112. The zero-order valence-electron chi connectivity index (χ0n) is 9.40. The Kier molecular flexibility index (Phi) is 4.98. The second-order valence-electron chi connectivity index (χ2n) is 3.54. The first-order valence-electron chi connectivity index (χ1n) is 5.28. The van der Waals surface area contributed by atoms with Gasteiger partial charge in [0.1, 0.15) is 18.1 Å². The molecule has 2 N–H and O–H groups in total. The van der Waals surface area contributed by atoms with Gasteiger partial charge in [0.05, 0.1) is 7.11 Å². The van der Waals surface area contributed by atoms with Crippen LogP contribution in [0.5, 0.6) is 11.5 Å². The third-order valence-corrected chi connectivity index (χ3v) is 2.16. The molecule has 0 aliphatic rings. The van der Waals surface area contributed by atoms with Crippen LogP contribution in [0.1, 0.15) is 19.8 Å². The van der Waals surface area contributed by atoms with Crippen LogP contribution >= 0.6 is 0 Å². The van der Waals surface area contributed by atoms with Crippen molar-refractivity contribution in [1.82, 2.24) is 0 Å². The molecule has 0 aromatic heterocycles. The van der Waals surface area contributed by atoms with Gasteiger partial charge in [0.15, 0.2) is 0 Å². The molecule has 0 bridgehead atoms. The highest BCUT2D eigenvalue weighted by molar-refractivity contribution is 5.32. The topological polar surface area (TPSA) is 44.5 Å². The summed E-state index contributed by atoms with van der Waals surface area (Å²) in [6, 6.07) is 7.67. The Morgan fingerprint density at radius 3 is 2.73 bits per heavy atom. The summed E-state index contributed by atoms with van der Waals surface area (Å²) in [7, 11) is 1.64. The minimum Gasteiger partial charge on any atom is -0.497 e. The van der Waals surface area contributed by atoms with Crippen LogP contribution in [0.2, 0.25) is 0 Å². The Morgan fingerprint density at radius 2 is 2.07 bits per heavy atom. The van der Waals surface area contributed by atoms with Crippen LogP contribution in [0.25, 0.3) is 0 Å². The summed E-state index contributed by atoms with van der Waals surface area (Å²) < 4.78 is 10.7. The van der Waals surface area contributed by atoms with E-state index < -0.39 is 0 Å². The largest absolute Gasteiger partial charge is 0.497 e. The van der Waals surface area contributed by atoms with Gasteiger partial charge in [0.25, 0.3) is 0 Å². The molecule has 15 heavy (non-hydrogen) atoms. The van der Waals surface area contributed by atoms with E-state index in [1.165, 1.54) is 0 Å². The van der Waals surface area contributed by atoms with Gasteiger partial charge in [-0.1, -0.05) is 19.4 Å². The molecular weight excluding hydrogens is 190 g/mol. The Morgan fingerprint density at radius 1 is 1.33 bits per heavy atom. The van der Waals surface area contributed by atoms with E-state index in [9.17, 15) is 0 Å². The predicted molar refractivity (Wildman–Crippen MR) is 61.4 cm³/mol. The fourth-order valence-electron chi connectivity index (χ4n) is 1.35. The summed E-state index contributed by atoms with van der Waals surface area (Å²) in [5, 5.41) is 0. The number of benzene rings is 1. The van der Waals surface area contributed by atoms with Gasteiger partial charge in [-0.2, -0.15) is 0 Å². The van der Waals surface area contributed by atoms with E-state index in [2.05, 4.69) is 6.92 Å². The minimum absolute atomic E-state index is 0.112. The molecule has 1 aromatic carbocycles. The maximum atomic E-state index is 5.85. The Bertz CT molecular complexity index is 289. The number of rotatable bonds is 6. The normalized spacial score (nSPS) is 12.2. The second kappa shape index (κ2) is 6.30. The number of methoxy groups -OCH3 is 1. The van der Waals surface area contributed by atoms with Crippen molar-refractivity contribution in [2.24, 2.45) is 5.73 Å². The molecule has 1 atom stereocenters. The molecule has 84 valence electrons. The van der Waals surface area contributed by atoms with Crippen molar-refractivity contribution >= 4 is 0 Å². The molecule has 0 amide bonds. The highest BCUT2D eigenvalue weighted by Crippen LogP contribution is 2.18. The second-order valence-corrected chi connectivity index (χ2v) is 3.54. The summed E-state index contributed by atoms with van der Waals surface area (Å²) >= 11 is 0. The average molecular weight is 209 g/mol. The lowest BCUT2D eigenvalue weighted by molar-refractivity contribution is 0.280. The predicted octanol–water partition coefficient (Wildman–Crippen LogP) is 2.20. The average Bonchev–Trinajstić information content (AvgIpc) is 2.27. The van der Waals surface area contributed by atoms with Crippen molar-refractivity contribution in [2.75, 3.05) is 13.7 Å². The van der Waals surface area contributed by atoms with E-state index >= 15 is 0 Å². The van der Waals surface area contributed by atoms with Crippen molar-refractivity contribution in [1.29, 1.82) is 0 Å². The summed E-state index contributed by atoms with van der Waals surface area (Å²) in [6.07, 6.45) is 2.08. The highest BCUT2D eigenvalue weighted by Gasteiger charge is 2.02. The van der Waals surface area contributed by atoms with Gasteiger partial charge in [-0.05, 0) is 18.6 Å². The third-order valence-electron chi connectivity index (χ3n) is 2.16. The number of ether oxygens (including phenoxy) is 2. The molecule has 3 heteroatoms. The number of hydrogen-bond donors (Lipinski definition) is 1. The van der Waals surface area contributed by atoms with E-state index in [0.717, 1.165) is 24.3 Å². The molecular formula is C12H19NO2. The lowest BCUT2D eigenvalue weighted by atomic mass is 10.2. The highest BCUT2D eigenvalue weighted by atomic mass is 16.5. The van der Waals surface area contributed by atoms with E-state index in [4.69, 9.17) is 15.2 Å². The molecule has 0 heterocycles. The van der Waals surface area contributed by atoms with Crippen molar-refractivity contribution in [3.05, 3.63) is 24.3 Å². The van der Waals surface area contributed by atoms with Crippen molar-refractivity contribution < 1.29 is 9.47 Å². The molecule has 0 radical (unpaired) electrons. The van der Waals surface area contributed by atoms with Gasteiger partial charge in [-0.3, -0.25) is 0 Å². The summed E-state index contributed by atoms with van der Waals surface area (Å²) in [5.74, 6) is 1.61. The Balaban J connectivity index is 2.43. The van der Waals surface area contributed by atoms with Gasteiger partial charge in [0, 0.05) is 12.1 Å². The molecule has 0 saturated heterocycles. The van der Waals surface area contributed by atoms with Crippen molar-refractivity contribution in [2.45, 2.75) is 25.8 Å². The zero-order chi connectivity index (χ0) is 11.1. The first-order valence-corrected chi connectivity index (χ1v) is 5.28. The fraction of sp³-hybridized carbons (Fsp3) is 0.500. The summed E-state index contributed by atoms with van der Waals surface area (Å²) in [4.78, 5) is 0. The monoisotopic (exact) mass is 209 g/mol. The smallest absolute Gasteiger partial charge is 0.123 e. The van der Waals surface area contributed by atoms with Crippen LogP contribution in [0.4, 0.5) is 0 Å². The van der Waals surface area contributed by atoms with E-state index in [0.29, 0.717) is 6.61 Å².